The minimum absolute atomic E-state index is 0.507. The third-order valence-corrected chi connectivity index (χ3v) is 3.20. The van der Waals surface area contributed by atoms with Gasteiger partial charge in [-0.3, -0.25) is 4.68 Å². The summed E-state index contributed by atoms with van der Waals surface area (Å²) in [5.74, 6) is 0.507. The molecule has 1 aromatic heterocycles. The molecule has 0 bridgehead atoms. The van der Waals surface area contributed by atoms with Gasteiger partial charge in [-0.25, -0.2) is 0 Å². The molecule has 1 fully saturated rings. The van der Waals surface area contributed by atoms with E-state index in [-0.39, 0.29) is 0 Å². The number of hydrogen-bond acceptors (Lipinski definition) is 2. The first-order valence-electron chi connectivity index (χ1n) is 4.60. The maximum Gasteiger partial charge on any atom is 0.0857 e. The summed E-state index contributed by atoms with van der Waals surface area (Å²) in [6, 6.07) is 0. The Morgan fingerprint density at radius 3 is 2.85 bits per heavy atom. The van der Waals surface area contributed by atoms with Crippen molar-refractivity contribution in [2.45, 2.75) is 19.3 Å². The van der Waals surface area contributed by atoms with Gasteiger partial charge in [-0.1, -0.05) is 11.6 Å². The normalized spacial score (nSPS) is 22.5. The fraction of sp³-hybridized carbons (Fsp3) is 0.667. The Labute approximate surface area is 83.1 Å². The Kier molecular flexibility index (Phi) is 2.30. The predicted molar refractivity (Wildman–Crippen MR) is 53.2 cm³/mol. The Bertz CT molecular complexity index is 313. The maximum absolute atomic E-state index is 6.18. The molecule has 0 spiro atoms. The van der Waals surface area contributed by atoms with Crippen LogP contribution in [0.1, 0.15) is 23.7 Å². The molecule has 1 atom stereocenters. The fourth-order valence-electron chi connectivity index (χ4n) is 1.76. The van der Waals surface area contributed by atoms with Crippen molar-refractivity contribution in [3.8, 4) is 0 Å². The van der Waals surface area contributed by atoms with E-state index in [4.69, 9.17) is 11.6 Å². The molecule has 2 heterocycles. The lowest BCUT2D eigenvalue weighted by atomic mass is 10.1. The van der Waals surface area contributed by atoms with Gasteiger partial charge in [0.15, 0.2) is 0 Å². The van der Waals surface area contributed by atoms with Gasteiger partial charge < -0.3 is 5.32 Å². The average Bonchev–Trinajstić information content (AvgIpc) is 2.70. The minimum Gasteiger partial charge on any atom is -0.316 e. The Morgan fingerprint density at radius 2 is 2.38 bits per heavy atom. The van der Waals surface area contributed by atoms with Gasteiger partial charge in [0.05, 0.1) is 16.4 Å². The maximum atomic E-state index is 6.18. The molecule has 1 unspecified atom stereocenters. The second-order valence-corrected chi connectivity index (χ2v) is 3.98. The van der Waals surface area contributed by atoms with Gasteiger partial charge in [-0.05, 0) is 19.9 Å². The third kappa shape index (κ3) is 1.46. The summed E-state index contributed by atoms with van der Waals surface area (Å²) in [4.78, 5) is 0. The van der Waals surface area contributed by atoms with E-state index in [1.165, 1.54) is 0 Å². The van der Waals surface area contributed by atoms with Crippen LogP contribution >= 0.6 is 11.6 Å². The zero-order valence-electron chi connectivity index (χ0n) is 7.97. The summed E-state index contributed by atoms with van der Waals surface area (Å²) in [5, 5.41) is 8.60. The van der Waals surface area contributed by atoms with E-state index in [1.807, 2.05) is 18.7 Å². The second-order valence-electron chi connectivity index (χ2n) is 3.60. The third-order valence-electron chi connectivity index (χ3n) is 2.73. The first-order valence-corrected chi connectivity index (χ1v) is 4.97. The number of aromatic nitrogens is 2. The molecule has 0 aromatic carbocycles. The lowest BCUT2D eigenvalue weighted by Crippen LogP contribution is -2.08. The molecule has 4 heteroatoms. The molecule has 1 aliphatic rings. The topological polar surface area (TPSA) is 29.9 Å². The summed E-state index contributed by atoms with van der Waals surface area (Å²) in [5.41, 5.74) is 2.12. The number of nitrogens with one attached hydrogen (secondary N) is 1. The first kappa shape index (κ1) is 9.03. The van der Waals surface area contributed by atoms with Crippen LogP contribution in [0.2, 0.25) is 5.02 Å². The van der Waals surface area contributed by atoms with Crippen LogP contribution in [0.5, 0.6) is 0 Å². The average molecular weight is 200 g/mol. The highest BCUT2D eigenvalue weighted by Gasteiger charge is 2.23. The highest BCUT2D eigenvalue weighted by atomic mass is 35.5. The van der Waals surface area contributed by atoms with Gasteiger partial charge in [0.2, 0.25) is 0 Å². The van der Waals surface area contributed by atoms with Crippen LogP contribution in [-0.4, -0.2) is 22.9 Å². The van der Waals surface area contributed by atoms with Crippen LogP contribution in [0.15, 0.2) is 0 Å². The van der Waals surface area contributed by atoms with E-state index < -0.39 is 0 Å². The van der Waals surface area contributed by atoms with Crippen molar-refractivity contribution in [1.82, 2.24) is 15.1 Å². The smallest absolute Gasteiger partial charge is 0.0857 e. The molecule has 1 aromatic rings. The quantitative estimate of drug-likeness (QED) is 0.742. The lowest BCUT2D eigenvalue weighted by Gasteiger charge is -2.03. The van der Waals surface area contributed by atoms with Crippen molar-refractivity contribution in [2.24, 2.45) is 7.05 Å². The van der Waals surface area contributed by atoms with Gasteiger partial charge in [-0.2, -0.15) is 5.10 Å². The summed E-state index contributed by atoms with van der Waals surface area (Å²) in [6.07, 6.45) is 1.15. The van der Waals surface area contributed by atoms with Crippen molar-refractivity contribution < 1.29 is 0 Å². The number of halogens is 1. The zero-order valence-corrected chi connectivity index (χ0v) is 8.73. The monoisotopic (exact) mass is 199 g/mol. The Morgan fingerprint density at radius 1 is 1.62 bits per heavy atom. The van der Waals surface area contributed by atoms with Crippen molar-refractivity contribution in [3.05, 3.63) is 16.4 Å². The SMILES string of the molecule is Cc1c(Cl)c(C2CCNC2)nn1C. The highest BCUT2D eigenvalue weighted by Crippen LogP contribution is 2.29. The van der Waals surface area contributed by atoms with E-state index in [2.05, 4.69) is 10.4 Å². The van der Waals surface area contributed by atoms with Crippen molar-refractivity contribution in [1.29, 1.82) is 0 Å². The van der Waals surface area contributed by atoms with E-state index in [0.717, 1.165) is 35.9 Å². The molecule has 1 saturated heterocycles. The van der Waals surface area contributed by atoms with E-state index in [1.54, 1.807) is 0 Å². The number of aryl methyl sites for hydroxylation is 1. The molecular formula is C9H14ClN3. The Balaban J connectivity index is 2.34. The number of hydrogen-bond donors (Lipinski definition) is 1. The molecule has 72 valence electrons. The molecule has 0 saturated carbocycles. The van der Waals surface area contributed by atoms with Crippen LogP contribution in [0, 0.1) is 6.92 Å². The summed E-state index contributed by atoms with van der Waals surface area (Å²) in [6.45, 7) is 4.09. The van der Waals surface area contributed by atoms with E-state index in [0.29, 0.717) is 5.92 Å². The molecular weight excluding hydrogens is 186 g/mol. The summed E-state index contributed by atoms with van der Waals surface area (Å²) in [7, 11) is 1.94. The van der Waals surface area contributed by atoms with Crippen LogP contribution in [0.25, 0.3) is 0 Å². The summed E-state index contributed by atoms with van der Waals surface area (Å²) >= 11 is 6.18. The van der Waals surface area contributed by atoms with Crippen LogP contribution in [0.3, 0.4) is 0 Å². The van der Waals surface area contributed by atoms with Gasteiger partial charge in [-0.15, -0.1) is 0 Å². The van der Waals surface area contributed by atoms with Gasteiger partial charge in [0.1, 0.15) is 0 Å². The Hall–Kier alpha value is -0.540. The van der Waals surface area contributed by atoms with Gasteiger partial charge in [0, 0.05) is 19.5 Å². The molecule has 0 amide bonds. The molecule has 1 N–H and O–H groups in total. The predicted octanol–water partition coefficient (Wildman–Crippen LogP) is 1.46. The standard InChI is InChI=1S/C9H14ClN3/c1-6-8(10)9(12-13(6)2)7-3-4-11-5-7/h7,11H,3-5H2,1-2H3. The van der Waals surface area contributed by atoms with Crippen LogP contribution in [0.4, 0.5) is 0 Å². The fourth-order valence-corrected chi connectivity index (χ4v) is 2.07. The second kappa shape index (κ2) is 3.31. The summed E-state index contributed by atoms with van der Waals surface area (Å²) < 4.78 is 1.86. The van der Waals surface area contributed by atoms with E-state index in [9.17, 15) is 0 Å². The van der Waals surface area contributed by atoms with E-state index >= 15 is 0 Å². The highest BCUT2D eigenvalue weighted by molar-refractivity contribution is 6.31. The molecule has 2 rings (SSSR count). The van der Waals surface area contributed by atoms with Gasteiger partial charge >= 0.3 is 0 Å². The molecule has 3 nitrogen and oxygen atoms in total. The van der Waals surface area contributed by atoms with Crippen molar-refractivity contribution >= 4 is 11.6 Å². The number of nitrogens with zero attached hydrogens (tertiary/aromatic N) is 2. The minimum atomic E-state index is 0.507. The zero-order chi connectivity index (χ0) is 9.42. The first-order chi connectivity index (χ1) is 6.20. The largest absolute Gasteiger partial charge is 0.316 e. The molecule has 1 aliphatic heterocycles. The van der Waals surface area contributed by atoms with Crippen molar-refractivity contribution in [3.63, 3.8) is 0 Å². The van der Waals surface area contributed by atoms with Gasteiger partial charge in [0.25, 0.3) is 0 Å². The van der Waals surface area contributed by atoms with Crippen molar-refractivity contribution in [2.75, 3.05) is 13.1 Å². The number of rotatable bonds is 1. The molecule has 0 aliphatic carbocycles. The van der Waals surface area contributed by atoms with Crippen LogP contribution < -0.4 is 5.32 Å². The molecule has 0 radical (unpaired) electrons. The lowest BCUT2D eigenvalue weighted by molar-refractivity contribution is 0.672. The molecule has 13 heavy (non-hydrogen) atoms. The van der Waals surface area contributed by atoms with Crippen LogP contribution in [-0.2, 0) is 7.05 Å².